The van der Waals surface area contributed by atoms with E-state index in [0.717, 1.165) is 16.5 Å². The van der Waals surface area contributed by atoms with Crippen molar-refractivity contribution in [3.05, 3.63) is 59.5 Å². The third kappa shape index (κ3) is 6.30. The molecule has 7 nitrogen and oxygen atoms in total. The molecular weight excluding hydrogens is 440 g/mol. The molecule has 1 N–H and O–H groups in total. The maximum absolute atomic E-state index is 13.0. The first-order valence-corrected chi connectivity index (χ1v) is 11.3. The lowest BCUT2D eigenvalue weighted by molar-refractivity contribution is -0.139. The van der Waals surface area contributed by atoms with E-state index in [1.807, 2.05) is 19.1 Å². The number of terminal acetylenes is 1. The van der Waals surface area contributed by atoms with Gasteiger partial charge >= 0.3 is 5.97 Å². The van der Waals surface area contributed by atoms with Crippen molar-refractivity contribution in [1.82, 2.24) is 10.3 Å². The summed E-state index contributed by atoms with van der Waals surface area (Å²) in [4.78, 5) is 29.2. The minimum Gasteiger partial charge on any atom is -0.490 e. The number of hydrogen-bond donors (Lipinski definition) is 1. The molecule has 1 aromatic carbocycles. The molecule has 0 bridgehead atoms. The smallest absolute Gasteiger partial charge is 0.373 e. The van der Waals surface area contributed by atoms with E-state index in [4.69, 9.17) is 15.9 Å². The Morgan fingerprint density at radius 1 is 1.27 bits per heavy atom. The lowest BCUT2D eigenvalue weighted by Crippen LogP contribution is -2.49. The summed E-state index contributed by atoms with van der Waals surface area (Å²) in [5.74, 6) is 2.08. The Kier molecular flexibility index (Phi) is 8.55. The number of fused-ring (bicyclic) bond motifs is 1. The fourth-order valence-electron chi connectivity index (χ4n) is 2.96. The molecule has 0 aliphatic rings. The van der Waals surface area contributed by atoms with Crippen LogP contribution in [0, 0.1) is 19.3 Å². The average Bonchev–Trinajstić information content (AvgIpc) is 2.79. The van der Waals surface area contributed by atoms with Crippen molar-refractivity contribution >= 4 is 34.5 Å². The van der Waals surface area contributed by atoms with Gasteiger partial charge in [0.25, 0.3) is 5.91 Å². The number of aromatic nitrogens is 1. The van der Waals surface area contributed by atoms with Gasteiger partial charge in [-0.1, -0.05) is 12.5 Å². The topological polar surface area (TPSA) is 86.8 Å². The van der Waals surface area contributed by atoms with Crippen molar-refractivity contribution in [2.24, 2.45) is 0 Å². The van der Waals surface area contributed by atoms with Gasteiger partial charge in [0.05, 0.1) is 25.3 Å². The minimum absolute atomic E-state index is 0.0194. The first-order valence-electron chi connectivity index (χ1n) is 9.98. The summed E-state index contributed by atoms with van der Waals surface area (Å²) in [6, 6.07) is 5.49. The third-order valence-corrected chi connectivity index (χ3v) is 5.67. The van der Waals surface area contributed by atoms with Crippen molar-refractivity contribution in [3.8, 4) is 18.1 Å². The van der Waals surface area contributed by atoms with Gasteiger partial charge in [-0.3, -0.25) is 9.78 Å². The van der Waals surface area contributed by atoms with Crippen LogP contribution < -0.4 is 10.1 Å². The maximum Gasteiger partial charge on any atom is 0.373 e. The number of thioether (sulfide) groups is 1. The molecule has 1 atom stereocenters. The van der Waals surface area contributed by atoms with Crippen molar-refractivity contribution < 1.29 is 23.8 Å². The van der Waals surface area contributed by atoms with Gasteiger partial charge in [0, 0.05) is 17.1 Å². The van der Waals surface area contributed by atoms with Gasteiger partial charge in [0.15, 0.2) is 0 Å². The minimum atomic E-state index is -0.892. The summed E-state index contributed by atoms with van der Waals surface area (Å²) in [7, 11) is 2.61. The Balaban J connectivity index is 2.22. The Bertz CT molecular complexity index is 1150. The molecule has 174 valence electrons. The van der Waals surface area contributed by atoms with E-state index < -0.39 is 16.9 Å². The van der Waals surface area contributed by atoms with Crippen LogP contribution in [0.3, 0.4) is 0 Å². The number of aryl methyl sites for hydroxylation is 1. The summed E-state index contributed by atoms with van der Waals surface area (Å²) >= 11 is 1.24. The first-order chi connectivity index (χ1) is 15.6. The second-order valence-corrected chi connectivity index (χ2v) is 8.61. The highest BCUT2D eigenvalue weighted by atomic mass is 32.2. The molecule has 1 aromatic heterocycles. The molecule has 33 heavy (non-hydrogen) atoms. The summed E-state index contributed by atoms with van der Waals surface area (Å²) < 4.78 is 15.7. The molecule has 0 saturated heterocycles. The van der Waals surface area contributed by atoms with E-state index in [-0.39, 0.29) is 11.7 Å². The van der Waals surface area contributed by atoms with Gasteiger partial charge in [0.2, 0.25) is 11.2 Å². The van der Waals surface area contributed by atoms with Crippen molar-refractivity contribution in [2.45, 2.75) is 31.7 Å². The molecule has 1 heterocycles. The van der Waals surface area contributed by atoms with E-state index >= 15 is 0 Å². The molecule has 0 spiro atoms. The third-order valence-electron chi connectivity index (χ3n) is 4.94. The molecule has 0 aliphatic carbocycles. The molecule has 0 radical (unpaired) electrons. The van der Waals surface area contributed by atoms with Crippen LogP contribution in [0.4, 0.5) is 0 Å². The summed E-state index contributed by atoms with van der Waals surface area (Å²) in [6.45, 7) is 9.41. The summed E-state index contributed by atoms with van der Waals surface area (Å²) in [6.07, 6.45) is 10.3. The van der Waals surface area contributed by atoms with Gasteiger partial charge in [-0.2, -0.15) is 0 Å². The number of carbonyl (C=O) groups excluding carboxylic acids is 2. The van der Waals surface area contributed by atoms with Gasteiger partial charge in [-0.05, 0) is 62.4 Å². The molecule has 0 aliphatic heterocycles. The van der Waals surface area contributed by atoms with Crippen LogP contribution in [0.5, 0.6) is 5.75 Å². The number of rotatable bonds is 9. The second-order valence-electron chi connectivity index (χ2n) is 7.71. The number of ether oxygens (including phenoxy) is 3. The lowest BCUT2D eigenvalue weighted by Gasteiger charge is -2.29. The van der Waals surface area contributed by atoms with E-state index in [1.54, 1.807) is 32.4 Å². The van der Waals surface area contributed by atoms with Crippen molar-refractivity contribution in [1.29, 1.82) is 0 Å². The standard InChI is InChI=1S/C25H28N2O5S/c1-9-17-12-18-13-19(10-15(2)21(18)26-14-17)32-24(33-8)22(28)27-25(4,5)16(3)11-20(30-6)23(29)31-7/h1,10-14,24H,3H2,2,4-8H3,(H,27,28)/b20-11-. The van der Waals surface area contributed by atoms with Crippen LogP contribution in [-0.2, 0) is 19.1 Å². The predicted octanol–water partition coefficient (Wildman–Crippen LogP) is 3.75. The predicted molar refractivity (Wildman–Crippen MR) is 131 cm³/mol. The highest BCUT2D eigenvalue weighted by Gasteiger charge is 2.29. The van der Waals surface area contributed by atoms with Crippen LogP contribution in [-0.4, -0.2) is 48.3 Å². The van der Waals surface area contributed by atoms with Crippen LogP contribution >= 0.6 is 11.8 Å². The number of amides is 1. The molecular formula is C25H28N2O5S. The molecule has 0 saturated carbocycles. The van der Waals surface area contributed by atoms with Gasteiger partial charge < -0.3 is 19.5 Å². The number of pyridine rings is 1. The molecule has 1 unspecified atom stereocenters. The van der Waals surface area contributed by atoms with Gasteiger partial charge in [-0.15, -0.1) is 18.2 Å². The lowest BCUT2D eigenvalue weighted by atomic mass is 9.94. The molecule has 0 fully saturated rings. The quantitative estimate of drug-likeness (QED) is 0.150. The molecule has 2 rings (SSSR count). The Morgan fingerprint density at radius 3 is 2.55 bits per heavy atom. The summed E-state index contributed by atoms with van der Waals surface area (Å²) in [5, 5.41) is 3.74. The normalized spacial score (nSPS) is 12.5. The van der Waals surface area contributed by atoms with Crippen LogP contribution in [0.1, 0.15) is 25.0 Å². The van der Waals surface area contributed by atoms with Crippen molar-refractivity contribution in [2.75, 3.05) is 20.5 Å². The van der Waals surface area contributed by atoms with Crippen LogP contribution in [0.15, 0.2) is 48.4 Å². The molecule has 2 aromatic rings. The number of carbonyl (C=O) groups is 2. The Morgan fingerprint density at radius 2 is 1.97 bits per heavy atom. The van der Waals surface area contributed by atoms with Gasteiger partial charge in [-0.25, -0.2) is 4.79 Å². The zero-order chi connectivity index (χ0) is 24.8. The zero-order valence-electron chi connectivity index (χ0n) is 19.6. The fraction of sp³-hybridized carbons (Fsp3) is 0.320. The monoisotopic (exact) mass is 468 g/mol. The molecule has 1 amide bonds. The largest absolute Gasteiger partial charge is 0.490 e. The van der Waals surface area contributed by atoms with E-state index in [9.17, 15) is 9.59 Å². The number of methoxy groups -OCH3 is 2. The zero-order valence-corrected chi connectivity index (χ0v) is 20.5. The average molecular weight is 469 g/mol. The highest BCUT2D eigenvalue weighted by molar-refractivity contribution is 7.99. The number of esters is 1. The van der Waals surface area contributed by atoms with E-state index in [2.05, 4.69) is 27.5 Å². The van der Waals surface area contributed by atoms with Crippen LogP contribution in [0.25, 0.3) is 10.9 Å². The van der Waals surface area contributed by atoms with Gasteiger partial charge in [0.1, 0.15) is 5.75 Å². The summed E-state index contributed by atoms with van der Waals surface area (Å²) in [5.41, 5.74) is 1.11. The second kappa shape index (κ2) is 10.9. The first kappa shape index (κ1) is 25.8. The van der Waals surface area contributed by atoms with E-state index in [1.165, 1.54) is 32.1 Å². The number of nitrogens with zero attached hydrogens (tertiary/aromatic N) is 1. The highest BCUT2D eigenvalue weighted by Crippen LogP contribution is 2.27. The number of benzene rings is 1. The number of nitrogens with one attached hydrogen (secondary N) is 1. The fourth-order valence-corrected chi connectivity index (χ4v) is 3.45. The number of hydrogen-bond acceptors (Lipinski definition) is 7. The molecule has 8 heteroatoms. The van der Waals surface area contributed by atoms with Crippen LogP contribution in [0.2, 0.25) is 0 Å². The Hall–Kier alpha value is -3.44. The van der Waals surface area contributed by atoms with Crippen molar-refractivity contribution in [3.63, 3.8) is 0 Å². The van der Waals surface area contributed by atoms with E-state index in [0.29, 0.717) is 16.9 Å². The Labute approximate surface area is 198 Å². The maximum atomic E-state index is 13.0. The SMILES string of the molecule is C#Cc1cnc2c(C)cc(OC(SC)C(=O)NC(C)(C)C(=C)/C=C(\OC)C(=O)OC)cc2c1.